The van der Waals surface area contributed by atoms with Gasteiger partial charge in [0.15, 0.2) is 4.80 Å². The van der Waals surface area contributed by atoms with Gasteiger partial charge in [0.1, 0.15) is 0 Å². The van der Waals surface area contributed by atoms with E-state index >= 15 is 0 Å². The highest BCUT2D eigenvalue weighted by atomic mass is 32.1. The maximum Gasteiger partial charge on any atom is 0.279 e. The van der Waals surface area contributed by atoms with Crippen molar-refractivity contribution in [3.63, 3.8) is 0 Å². The van der Waals surface area contributed by atoms with Gasteiger partial charge in [-0.1, -0.05) is 72.0 Å². The number of aromatic nitrogens is 1. The lowest BCUT2D eigenvalue weighted by Crippen LogP contribution is -2.16. The van der Waals surface area contributed by atoms with Crippen molar-refractivity contribution >= 4 is 27.5 Å². The van der Waals surface area contributed by atoms with Gasteiger partial charge in [0, 0.05) is 12.1 Å². The molecule has 4 rings (SSSR count). The highest BCUT2D eigenvalue weighted by Gasteiger charge is 2.08. The second kappa shape index (κ2) is 7.56. The van der Waals surface area contributed by atoms with E-state index in [0.29, 0.717) is 16.9 Å². The molecule has 0 unspecified atom stereocenters. The minimum atomic E-state index is -0.237. The van der Waals surface area contributed by atoms with Crippen LogP contribution in [0.15, 0.2) is 96.5 Å². The topological polar surface area (TPSA) is 34.4 Å². The van der Waals surface area contributed by atoms with Gasteiger partial charge in [-0.25, -0.2) is 0 Å². The number of thiazole rings is 1. The first kappa shape index (κ1) is 17.2. The molecule has 0 fully saturated rings. The maximum absolute atomic E-state index is 12.7. The second-order valence-electron chi connectivity index (χ2n) is 6.11. The number of benzene rings is 3. The minimum Gasteiger partial charge on any atom is -0.312 e. The number of amides is 1. The number of fused-ring (bicyclic) bond motifs is 1. The first-order valence-corrected chi connectivity index (χ1v) is 9.52. The summed E-state index contributed by atoms with van der Waals surface area (Å²) in [6, 6.07) is 25.7. The molecule has 0 atom stereocenters. The van der Waals surface area contributed by atoms with Crippen LogP contribution in [0.25, 0.3) is 21.3 Å². The third kappa shape index (κ3) is 3.52. The highest BCUT2D eigenvalue weighted by molar-refractivity contribution is 7.16. The van der Waals surface area contributed by atoms with E-state index in [2.05, 4.69) is 23.7 Å². The quantitative estimate of drug-likeness (QED) is 0.449. The summed E-state index contributed by atoms with van der Waals surface area (Å²) in [6.45, 7) is 4.43. The molecule has 3 nitrogen and oxygen atoms in total. The monoisotopic (exact) mass is 370 g/mol. The molecular formula is C23H18N2OS. The number of para-hydroxylation sites is 1. The molecule has 0 saturated carbocycles. The van der Waals surface area contributed by atoms with Crippen molar-refractivity contribution < 1.29 is 4.79 Å². The third-order valence-corrected chi connectivity index (χ3v) is 5.40. The molecule has 0 radical (unpaired) electrons. The Morgan fingerprint density at radius 1 is 0.926 bits per heavy atom. The smallest absolute Gasteiger partial charge is 0.279 e. The van der Waals surface area contributed by atoms with Gasteiger partial charge in [-0.05, 0) is 35.4 Å². The zero-order chi connectivity index (χ0) is 18.6. The van der Waals surface area contributed by atoms with Gasteiger partial charge in [0.05, 0.1) is 10.2 Å². The Hall–Kier alpha value is -3.24. The molecule has 0 saturated heterocycles. The van der Waals surface area contributed by atoms with Crippen LogP contribution in [0, 0.1) is 0 Å². The molecule has 1 aromatic heterocycles. The summed E-state index contributed by atoms with van der Waals surface area (Å²) in [5.74, 6) is -0.237. The van der Waals surface area contributed by atoms with E-state index in [1.54, 1.807) is 0 Å². The van der Waals surface area contributed by atoms with Crippen LogP contribution in [0.1, 0.15) is 10.4 Å². The summed E-state index contributed by atoms with van der Waals surface area (Å²) in [5.41, 5.74) is 3.85. The molecule has 27 heavy (non-hydrogen) atoms. The summed E-state index contributed by atoms with van der Waals surface area (Å²) < 4.78 is 3.12. The fourth-order valence-electron chi connectivity index (χ4n) is 3.00. The number of rotatable bonds is 4. The molecule has 1 heterocycles. The van der Waals surface area contributed by atoms with Gasteiger partial charge in [0.2, 0.25) is 0 Å². The molecule has 0 N–H and O–H groups in total. The molecule has 4 heteroatoms. The van der Waals surface area contributed by atoms with E-state index in [9.17, 15) is 4.79 Å². The van der Waals surface area contributed by atoms with Crippen molar-refractivity contribution in [1.82, 2.24) is 4.57 Å². The lowest BCUT2D eigenvalue weighted by atomic mass is 10.0. The molecule has 132 valence electrons. The molecule has 3 aromatic carbocycles. The van der Waals surface area contributed by atoms with Gasteiger partial charge in [-0.15, -0.1) is 6.58 Å². The average molecular weight is 370 g/mol. The molecule has 4 aromatic rings. The Balaban J connectivity index is 1.70. The van der Waals surface area contributed by atoms with Gasteiger partial charge < -0.3 is 4.57 Å². The van der Waals surface area contributed by atoms with Crippen molar-refractivity contribution in [2.24, 2.45) is 4.99 Å². The Morgan fingerprint density at radius 3 is 2.33 bits per heavy atom. The summed E-state index contributed by atoms with van der Waals surface area (Å²) in [6.07, 6.45) is 1.82. The van der Waals surface area contributed by atoms with E-state index in [4.69, 9.17) is 0 Å². The standard InChI is InChI=1S/C23H18N2OS/c1-2-16-25-20-10-6-7-11-21(20)27-23(25)24-22(26)19-14-12-18(13-15-19)17-8-4-3-5-9-17/h2-15H,1,16H2. The van der Waals surface area contributed by atoms with E-state index in [0.717, 1.165) is 21.3 Å². The number of hydrogen-bond acceptors (Lipinski definition) is 2. The molecule has 0 spiro atoms. The maximum atomic E-state index is 12.7. The number of allylic oxidation sites excluding steroid dienone is 1. The zero-order valence-electron chi connectivity index (χ0n) is 14.7. The predicted molar refractivity (Wildman–Crippen MR) is 112 cm³/mol. The summed E-state index contributed by atoms with van der Waals surface area (Å²) >= 11 is 1.51. The Kier molecular flexibility index (Phi) is 4.81. The molecule has 0 bridgehead atoms. The van der Waals surface area contributed by atoms with E-state index in [-0.39, 0.29) is 5.91 Å². The van der Waals surface area contributed by atoms with E-state index < -0.39 is 0 Å². The van der Waals surface area contributed by atoms with Crippen LogP contribution in [0.3, 0.4) is 0 Å². The number of carbonyl (C=O) groups is 1. The highest BCUT2D eigenvalue weighted by Crippen LogP contribution is 2.20. The van der Waals surface area contributed by atoms with Crippen molar-refractivity contribution in [2.45, 2.75) is 6.54 Å². The summed E-state index contributed by atoms with van der Waals surface area (Å²) in [4.78, 5) is 17.8. The largest absolute Gasteiger partial charge is 0.312 e. The van der Waals surface area contributed by atoms with Gasteiger partial charge in [-0.2, -0.15) is 4.99 Å². The Morgan fingerprint density at radius 2 is 1.59 bits per heavy atom. The molecule has 0 aliphatic rings. The van der Waals surface area contributed by atoms with Crippen molar-refractivity contribution in [3.8, 4) is 11.1 Å². The third-order valence-electron chi connectivity index (χ3n) is 4.34. The Labute approximate surface area is 161 Å². The van der Waals surface area contributed by atoms with Crippen molar-refractivity contribution in [2.75, 3.05) is 0 Å². The first-order valence-electron chi connectivity index (χ1n) is 8.70. The second-order valence-corrected chi connectivity index (χ2v) is 7.12. The lowest BCUT2D eigenvalue weighted by Gasteiger charge is -2.03. The normalized spacial score (nSPS) is 11.6. The SMILES string of the molecule is C=CCn1c(=NC(=O)c2ccc(-c3ccccc3)cc2)sc2ccccc21. The Bertz CT molecular complexity index is 1170. The summed E-state index contributed by atoms with van der Waals surface area (Å²) in [5, 5.41) is 0. The molecular weight excluding hydrogens is 352 g/mol. The van der Waals surface area contributed by atoms with Gasteiger partial charge in [0.25, 0.3) is 5.91 Å². The number of nitrogens with zero attached hydrogens (tertiary/aromatic N) is 2. The molecule has 1 amide bonds. The number of hydrogen-bond donors (Lipinski definition) is 0. The van der Waals surface area contributed by atoms with Crippen LogP contribution < -0.4 is 4.80 Å². The van der Waals surface area contributed by atoms with Crippen LogP contribution in [-0.4, -0.2) is 10.5 Å². The first-order chi connectivity index (χ1) is 13.3. The zero-order valence-corrected chi connectivity index (χ0v) is 15.5. The van der Waals surface area contributed by atoms with Crippen LogP contribution in [-0.2, 0) is 6.54 Å². The van der Waals surface area contributed by atoms with Crippen LogP contribution in [0.2, 0.25) is 0 Å². The predicted octanol–water partition coefficient (Wildman–Crippen LogP) is 5.30. The van der Waals surface area contributed by atoms with Crippen LogP contribution >= 0.6 is 11.3 Å². The van der Waals surface area contributed by atoms with Crippen molar-refractivity contribution in [1.29, 1.82) is 0 Å². The van der Waals surface area contributed by atoms with E-state index in [1.807, 2.05) is 77.4 Å². The molecule has 0 aliphatic heterocycles. The minimum absolute atomic E-state index is 0.237. The number of carbonyl (C=O) groups excluding carboxylic acids is 1. The summed E-state index contributed by atoms with van der Waals surface area (Å²) in [7, 11) is 0. The van der Waals surface area contributed by atoms with Gasteiger partial charge >= 0.3 is 0 Å². The van der Waals surface area contributed by atoms with Crippen LogP contribution in [0.5, 0.6) is 0 Å². The fraction of sp³-hybridized carbons (Fsp3) is 0.0435. The average Bonchev–Trinajstić information content (AvgIpc) is 3.06. The van der Waals surface area contributed by atoms with Crippen molar-refractivity contribution in [3.05, 3.63) is 102 Å². The van der Waals surface area contributed by atoms with Gasteiger partial charge in [-0.3, -0.25) is 4.79 Å². The van der Waals surface area contributed by atoms with E-state index in [1.165, 1.54) is 11.3 Å². The fourth-order valence-corrected chi connectivity index (χ4v) is 4.04. The van der Waals surface area contributed by atoms with Crippen LogP contribution in [0.4, 0.5) is 0 Å². The lowest BCUT2D eigenvalue weighted by molar-refractivity contribution is 0.0998. The molecule has 0 aliphatic carbocycles.